The molecule has 1 saturated carbocycles. The Morgan fingerprint density at radius 1 is 1.44 bits per heavy atom. The molecule has 0 spiro atoms. The van der Waals surface area contributed by atoms with Gasteiger partial charge in [0.15, 0.2) is 0 Å². The summed E-state index contributed by atoms with van der Waals surface area (Å²) >= 11 is 5.10. The zero-order valence-corrected chi connectivity index (χ0v) is 11.7. The van der Waals surface area contributed by atoms with E-state index in [2.05, 4.69) is 18.3 Å². The molecule has 0 heterocycles. The van der Waals surface area contributed by atoms with Crippen molar-refractivity contribution >= 4 is 22.9 Å². The minimum Gasteiger partial charge on any atom is -0.389 e. The van der Waals surface area contributed by atoms with E-state index in [1.54, 1.807) is 7.11 Å². The zero-order chi connectivity index (χ0) is 13.1. The van der Waals surface area contributed by atoms with Crippen molar-refractivity contribution in [1.82, 2.24) is 0 Å². The Morgan fingerprint density at radius 2 is 2.22 bits per heavy atom. The van der Waals surface area contributed by atoms with E-state index in [4.69, 9.17) is 22.7 Å². The van der Waals surface area contributed by atoms with Gasteiger partial charge < -0.3 is 15.8 Å². The van der Waals surface area contributed by atoms with Crippen LogP contribution < -0.4 is 11.1 Å². The van der Waals surface area contributed by atoms with E-state index in [9.17, 15) is 0 Å². The fraction of sp³-hybridized carbons (Fsp3) is 0.500. The maximum absolute atomic E-state index is 5.77. The summed E-state index contributed by atoms with van der Waals surface area (Å²) in [6.07, 6.45) is 3.72. The second kappa shape index (κ2) is 5.67. The number of ether oxygens (including phenoxy) is 1. The smallest absolute Gasteiger partial charge is 0.106 e. The molecule has 2 unspecified atom stereocenters. The maximum Gasteiger partial charge on any atom is 0.106 e. The first-order chi connectivity index (χ1) is 8.61. The summed E-state index contributed by atoms with van der Waals surface area (Å²) < 4.78 is 5.50. The minimum absolute atomic E-state index is 0.282. The molecule has 0 bridgehead atoms. The van der Waals surface area contributed by atoms with Gasteiger partial charge in [0.05, 0.1) is 12.1 Å². The Labute approximate surface area is 114 Å². The molecule has 3 N–H and O–H groups in total. The van der Waals surface area contributed by atoms with Gasteiger partial charge in [0.2, 0.25) is 0 Å². The number of hydrogen-bond donors (Lipinski definition) is 2. The molecule has 2 rings (SSSR count). The van der Waals surface area contributed by atoms with Crippen LogP contribution in [0.15, 0.2) is 18.2 Å². The first-order valence-electron chi connectivity index (χ1n) is 6.31. The fourth-order valence-corrected chi connectivity index (χ4v) is 2.74. The van der Waals surface area contributed by atoms with Gasteiger partial charge in [-0.2, -0.15) is 0 Å². The topological polar surface area (TPSA) is 47.3 Å². The number of nitrogens with two attached hydrogens (primary N) is 1. The van der Waals surface area contributed by atoms with Crippen LogP contribution in [0.1, 0.15) is 30.4 Å². The van der Waals surface area contributed by atoms with Gasteiger partial charge in [-0.3, -0.25) is 0 Å². The predicted molar refractivity (Wildman–Crippen MR) is 79.1 cm³/mol. The lowest BCUT2D eigenvalue weighted by atomic mass is 10.1. The van der Waals surface area contributed by atoms with E-state index in [-0.39, 0.29) is 6.10 Å². The largest absolute Gasteiger partial charge is 0.389 e. The number of aryl methyl sites for hydroxylation is 1. The highest BCUT2D eigenvalue weighted by atomic mass is 32.1. The summed E-state index contributed by atoms with van der Waals surface area (Å²) in [6, 6.07) is 6.46. The van der Waals surface area contributed by atoms with E-state index in [1.165, 1.54) is 12.0 Å². The van der Waals surface area contributed by atoms with Crippen LogP contribution in [-0.2, 0) is 4.74 Å². The first kappa shape index (κ1) is 13.3. The number of rotatable bonds is 4. The summed E-state index contributed by atoms with van der Waals surface area (Å²) in [5.74, 6) is 0. The monoisotopic (exact) mass is 264 g/mol. The summed E-state index contributed by atoms with van der Waals surface area (Å²) in [5, 5.41) is 3.54. The molecule has 0 radical (unpaired) electrons. The van der Waals surface area contributed by atoms with Crippen molar-refractivity contribution in [2.75, 3.05) is 12.4 Å². The van der Waals surface area contributed by atoms with E-state index in [0.717, 1.165) is 24.1 Å². The molecule has 0 saturated heterocycles. The molecule has 4 heteroatoms. The van der Waals surface area contributed by atoms with Gasteiger partial charge in [-0.15, -0.1) is 0 Å². The van der Waals surface area contributed by atoms with Crippen LogP contribution in [0.4, 0.5) is 5.69 Å². The standard InChI is InChI=1S/C14H20N2OS/c1-9-6-7-10(14(15)18)12(8-9)16-11-4-3-5-13(11)17-2/h6-8,11,13,16H,3-5H2,1-2H3,(H2,15,18). The van der Waals surface area contributed by atoms with Gasteiger partial charge in [-0.25, -0.2) is 0 Å². The minimum atomic E-state index is 0.282. The highest BCUT2D eigenvalue weighted by molar-refractivity contribution is 7.80. The Hall–Kier alpha value is -1.13. The Morgan fingerprint density at radius 3 is 2.89 bits per heavy atom. The molecular formula is C14H20N2OS. The molecule has 0 amide bonds. The van der Waals surface area contributed by atoms with Crippen molar-refractivity contribution in [3.8, 4) is 0 Å². The van der Waals surface area contributed by atoms with Crippen molar-refractivity contribution in [2.45, 2.75) is 38.3 Å². The third kappa shape index (κ3) is 2.82. The van der Waals surface area contributed by atoms with Crippen molar-refractivity contribution in [1.29, 1.82) is 0 Å². The quantitative estimate of drug-likeness (QED) is 0.821. The van der Waals surface area contributed by atoms with Gasteiger partial charge in [0.25, 0.3) is 0 Å². The SMILES string of the molecule is COC1CCCC1Nc1cc(C)ccc1C(N)=S. The van der Waals surface area contributed by atoms with Crippen LogP contribution in [0, 0.1) is 6.92 Å². The van der Waals surface area contributed by atoms with Gasteiger partial charge >= 0.3 is 0 Å². The summed E-state index contributed by atoms with van der Waals surface area (Å²) in [7, 11) is 1.77. The molecule has 1 aliphatic carbocycles. The predicted octanol–water partition coefficient (Wildman–Crippen LogP) is 2.61. The Balaban J connectivity index is 2.22. The molecule has 1 fully saturated rings. The third-order valence-electron chi connectivity index (χ3n) is 3.54. The van der Waals surface area contributed by atoms with E-state index in [1.807, 2.05) is 12.1 Å². The lowest BCUT2D eigenvalue weighted by Crippen LogP contribution is -2.30. The van der Waals surface area contributed by atoms with Crippen molar-refractivity contribution in [3.05, 3.63) is 29.3 Å². The average Bonchev–Trinajstić information content (AvgIpc) is 2.76. The number of benzene rings is 1. The third-order valence-corrected chi connectivity index (χ3v) is 3.76. The summed E-state index contributed by atoms with van der Waals surface area (Å²) in [6.45, 7) is 2.07. The molecule has 1 aromatic carbocycles. The number of thiocarbonyl (C=S) groups is 1. The number of methoxy groups -OCH3 is 1. The van der Waals surface area contributed by atoms with Crippen LogP contribution in [-0.4, -0.2) is 24.2 Å². The van der Waals surface area contributed by atoms with Crippen molar-refractivity contribution in [2.24, 2.45) is 5.73 Å². The van der Waals surface area contributed by atoms with Crippen molar-refractivity contribution < 1.29 is 4.74 Å². The molecule has 1 aromatic rings. The van der Waals surface area contributed by atoms with Crippen LogP contribution in [0.5, 0.6) is 0 Å². The van der Waals surface area contributed by atoms with Crippen molar-refractivity contribution in [3.63, 3.8) is 0 Å². The second-order valence-electron chi connectivity index (χ2n) is 4.87. The molecular weight excluding hydrogens is 244 g/mol. The van der Waals surface area contributed by atoms with E-state index >= 15 is 0 Å². The lowest BCUT2D eigenvalue weighted by Gasteiger charge is -2.22. The van der Waals surface area contributed by atoms with Gasteiger partial charge in [0.1, 0.15) is 4.99 Å². The molecule has 0 aromatic heterocycles. The second-order valence-corrected chi connectivity index (χ2v) is 5.31. The Kier molecular flexibility index (Phi) is 4.19. The fourth-order valence-electron chi connectivity index (χ4n) is 2.57. The van der Waals surface area contributed by atoms with Gasteiger partial charge in [-0.1, -0.05) is 18.3 Å². The first-order valence-corrected chi connectivity index (χ1v) is 6.72. The normalized spacial score (nSPS) is 23.0. The number of nitrogens with one attached hydrogen (secondary N) is 1. The van der Waals surface area contributed by atoms with Crippen LogP contribution in [0.2, 0.25) is 0 Å². The maximum atomic E-state index is 5.77. The van der Waals surface area contributed by atoms with Gasteiger partial charge in [0, 0.05) is 18.4 Å². The number of hydrogen-bond acceptors (Lipinski definition) is 3. The molecule has 2 atom stereocenters. The summed E-state index contributed by atoms with van der Waals surface area (Å²) in [4.78, 5) is 0.435. The van der Waals surface area contributed by atoms with Crippen LogP contribution >= 0.6 is 12.2 Å². The van der Waals surface area contributed by atoms with Gasteiger partial charge in [-0.05, 0) is 43.9 Å². The molecule has 3 nitrogen and oxygen atoms in total. The Bertz CT molecular complexity index is 447. The highest BCUT2D eigenvalue weighted by Gasteiger charge is 2.27. The molecule has 18 heavy (non-hydrogen) atoms. The molecule has 1 aliphatic rings. The van der Waals surface area contributed by atoms with E-state index in [0.29, 0.717) is 11.0 Å². The zero-order valence-electron chi connectivity index (χ0n) is 10.9. The molecule has 0 aliphatic heterocycles. The average molecular weight is 264 g/mol. The molecule has 98 valence electrons. The van der Waals surface area contributed by atoms with Crippen LogP contribution in [0.3, 0.4) is 0 Å². The number of anilines is 1. The van der Waals surface area contributed by atoms with E-state index < -0.39 is 0 Å². The summed E-state index contributed by atoms with van der Waals surface area (Å²) in [5.41, 5.74) is 8.90. The highest BCUT2D eigenvalue weighted by Crippen LogP contribution is 2.27. The van der Waals surface area contributed by atoms with Crippen LogP contribution in [0.25, 0.3) is 0 Å². The lowest BCUT2D eigenvalue weighted by molar-refractivity contribution is 0.101.